The molecule has 1 atom stereocenters. The Morgan fingerprint density at radius 3 is 2.87 bits per heavy atom. The number of amides is 3. The van der Waals surface area contributed by atoms with E-state index >= 15 is 0 Å². The molecule has 3 aromatic rings. The summed E-state index contributed by atoms with van der Waals surface area (Å²) in [6.07, 6.45) is 5.63. The summed E-state index contributed by atoms with van der Waals surface area (Å²) in [6.45, 7) is 0.494. The van der Waals surface area contributed by atoms with Crippen molar-refractivity contribution in [3.8, 4) is 5.88 Å². The lowest BCUT2D eigenvalue weighted by Gasteiger charge is -2.34. The number of thiophene rings is 1. The molecule has 10 nitrogen and oxygen atoms in total. The summed E-state index contributed by atoms with van der Waals surface area (Å²) in [4.78, 5) is 44.7. The minimum absolute atomic E-state index is 0.0147. The molecule has 0 spiro atoms. The number of carbonyl (C=O) groups excluding carboxylic acids is 3. The normalized spacial score (nSPS) is 16.4. The highest BCUT2D eigenvalue weighted by atomic mass is 32.1. The first-order valence-electron chi connectivity index (χ1n) is 9.36. The topological polar surface area (TPSA) is 143 Å². The van der Waals surface area contributed by atoms with Crippen LogP contribution in [0, 0.1) is 0 Å². The zero-order chi connectivity index (χ0) is 21.3. The van der Waals surface area contributed by atoms with E-state index in [1.165, 1.54) is 30.7 Å². The lowest BCUT2D eigenvalue weighted by atomic mass is 10.0. The minimum atomic E-state index is -0.798. The third-order valence-electron chi connectivity index (χ3n) is 5.00. The van der Waals surface area contributed by atoms with Crippen molar-refractivity contribution in [2.45, 2.75) is 25.3 Å². The van der Waals surface area contributed by atoms with Gasteiger partial charge in [-0.3, -0.25) is 19.5 Å². The van der Waals surface area contributed by atoms with Crippen LogP contribution in [0.25, 0.3) is 10.2 Å². The van der Waals surface area contributed by atoms with Gasteiger partial charge in [0.15, 0.2) is 0 Å². The molecule has 1 fully saturated rings. The predicted octanol–water partition coefficient (Wildman–Crippen LogP) is 1.82. The number of aromatic amines is 1. The number of nitrogens with zero attached hydrogens (tertiary/aromatic N) is 3. The molecule has 4 heterocycles. The van der Waals surface area contributed by atoms with Gasteiger partial charge in [0.2, 0.25) is 5.88 Å². The third-order valence-corrected chi connectivity index (χ3v) is 6.16. The molecule has 0 unspecified atom stereocenters. The fourth-order valence-electron chi connectivity index (χ4n) is 3.58. The van der Waals surface area contributed by atoms with Crippen molar-refractivity contribution < 1.29 is 19.1 Å². The highest BCUT2D eigenvalue weighted by Gasteiger charge is 2.33. The van der Waals surface area contributed by atoms with Crippen LogP contribution >= 0.6 is 11.3 Å². The lowest BCUT2D eigenvalue weighted by molar-refractivity contribution is -0.145. The van der Waals surface area contributed by atoms with Crippen molar-refractivity contribution in [3.63, 3.8) is 0 Å². The number of nitrogens with one attached hydrogen (secondary N) is 2. The van der Waals surface area contributed by atoms with Crippen molar-refractivity contribution in [3.05, 3.63) is 35.0 Å². The first-order valence-corrected chi connectivity index (χ1v) is 10.2. The van der Waals surface area contributed by atoms with E-state index in [9.17, 15) is 14.4 Å². The number of pyridine rings is 1. The number of H-pyrrole nitrogens is 1. The van der Waals surface area contributed by atoms with Crippen LogP contribution in [0.5, 0.6) is 5.88 Å². The van der Waals surface area contributed by atoms with Gasteiger partial charge in [0, 0.05) is 16.8 Å². The van der Waals surface area contributed by atoms with Gasteiger partial charge >= 0.3 is 11.8 Å². The average molecular weight is 428 g/mol. The van der Waals surface area contributed by atoms with Crippen LogP contribution in [0.1, 0.15) is 40.5 Å². The van der Waals surface area contributed by atoms with Crippen LogP contribution in [0.3, 0.4) is 0 Å². The van der Waals surface area contributed by atoms with Crippen LogP contribution in [0.2, 0.25) is 0 Å². The molecule has 0 bridgehead atoms. The zero-order valence-electron chi connectivity index (χ0n) is 16.2. The summed E-state index contributed by atoms with van der Waals surface area (Å²) in [5.74, 6) is -2.13. The van der Waals surface area contributed by atoms with Gasteiger partial charge in [-0.05, 0) is 31.4 Å². The van der Waals surface area contributed by atoms with E-state index in [-0.39, 0.29) is 23.2 Å². The molecule has 1 aliphatic heterocycles. The molecule has 0 saturated carbocycles. The standard InChI is InChI=1S/C19H20N6O4S/c1-29-17-12(15(20)26)7-11(9-21-17)23-16(27)19(28)25-5-3-2-4-13(25)14-6-10-8-22-24-18(10)30-14/h6-9,13H,2-5H2,1H3,(H2,20,26)(H,22,24)(H,23,27)/t13-/m0/s1. The second kappa shape index (κ2) is 8.11. The quantitative estimate of drug-likeness (QED) is 0.541. The van der Waals surface area contributed by atoms with Gasteiger partial charge in [-0.1, -0.05) is 0 Å². The van der Waals surface area contributed by atoms with Gasteiger partial charge < -0.3 is 20.7 Å². The Labute approximate surface area is 175 Å². The number of aromatic nitrogens is 3. The zero-order valence-corrected chi connectivity index (χ0v) is 17.0. The van der Waals surface area contributed by atoms with Crippen LogP contribution in [-0.4, -0.2) is 51.5 Å². The number of primary amides is 1. The van der Waals surface area contributed by atoms with Gasteiger partial charge in [-0.2, -0.15) is 5.10 Å². The van der Waals surface area contributed by atoms with E-state index in [0.717, 1.165) is 34.4 Å². The van der Waals surface area contributed by atoms with Gasteiger partial charge in [-0.15, -0.1) is 11.3 Å². The Balaban J connectivity index is 1.53. The number of ether oxygens (including phenoxy) is 1. The van der Waals surface area contributed by atoms with Crippen molar-refractivity contribution in [1.29, 1.82) is 0 Å². The number of rotatable bonds is 4. The number of carbonyl (C=O) groups is 3. The highest BCUT2D eigenvalue weighted by molar-refractivity contribution is 7.18. The summed E-state index contributed by atoms with van der Waals surface area (Å²) in [7, 11) is 1.36. The number of hydrogen-bond acceptors (Lipinski definition) is 7. The number of anilines is 1. The van der Waals surface area contributed by atoms with Gasteiger partial charge in [0.25, 0.3) is 5.91 Å². The van der Waals surface area contributed by atoms with E-state index in [0.29, 0.717) is 6.54 Å². The molecule has 3 amide bonds. The van der Waals surface area contributed by atoms with Gasteiger partial charge in [-0.25, -0.2) is 4.98 Å². The van der Waals surface area contributed by atoms with Crippen molar-refractivity contribution in [2.24, 2.45) is 5.73 Å². The molecule has 0 aromatic carbocycles. The number of nitrogens with two attached hydrogens (primary N) is 1. The first kappa shape index (κ1) is 19.8. The molecule has 4 rings (SSSR count). The molecule has 156 valence electrons. The van der Waals surface area contributed by atoms with Crippen LogP contribution < -0.4 is 15.8 Å². The van der Waals surface area contributed by atoms with Gasteiger partial charge in [0.1, 0.15) is 10.4 Å². The summed E-state index contributed by atoms with van der Waals surface area (Å²) in [5, 5.41) is 10.4. The summed E-state index contributed by atoms with van der Waals surface area (Å²) >= 11 is 1.54. The SMILES string of the molecule is COc1ncc(NC(=O)C(=O)N2CCCC[C@H]2c2cc3cn[nH]c3s2)cc1C(N)=O. The third kappa shape index (κ3) is 3.71. The summed E-state index contributed by atoms with van der Waals surface area (Å²) < 4.78 is 4.98. The largest absolute Gasteiger partial charge is 0.480 e. The van der Waals surface area contributed by atoms with E-state index in [2.05, 4.69) is 20.5 Å². The fraction of sp³-hybridized carbons (Fsp3) is 0.316. The molecular weight excluding hydrogens is 408 g/mol. The van der Waals surface area contributed by atoms with E-state index in [1.807, 2.05) is 6.07 Å². The van der Waals surface area contributed by atoms with E-state index < -0.39 is 17.7 Å². The molecule has 11 heteroatoms. The second-order valence-electron chi connectivity index (χ2n) is 6.91. The summed E-state index contributed by atoms with van der Waals surface area (Å²) in [5.41, 5.74) is 5.52. The van der Waals surface area contributed by atoms with Gasteiger partial charge in [0.05, 0.1) is 31.2 Å². The molecule has 3 aromatic heterocycles. The van der Waals surface area contributed by atoms with Crippen molar-refractivity contribution in [2.75, 3.05) is 19.0 Å². The van der Waals surface area contributed by atoms with Crippen LogP contribution in [0.4, 0.5) is 5.69 Å². The molecule has 0 radical (unpaired) electrons. The minimum Gasteiger partial charge on any atom is -0.480 e. The molecule has 4 N–H and O–H groups in total. The van der Waals surface area contributed by atoms with Crippen molar-refractivity contribution in [1.82, 2.24) is 20.1 Å². The number of piperidine rings is 1. The fourth-order valence-corrected chi connectivity index (χ4v) is 4.71. The Morgan fingerprint density at radius 2 is 2.13 bits per heavy atom. The Kier molecular flexibility index (Phi) is 5.36. The Hall–Kier alpha value is -3.47. The molecule has 1 aliphatic rings. The molecule has 1 saturated heterocycles. The van der Waals surface area contributed by atoms with E-state index in [1.54, 1.807) is 11.1 Å². The van der Waals surface area contributed by atoms with E-state index in [4.69, 9.17) is 10.5 Å². The summed E-state index contributed by atoms with van der Waals surface area (Å²) in [6, 6.07) is 3.17. The van der Waals surface area contributed by atoms with Crippen LogP contribution in [0.15, 0.2) is 24.5 Å². The lowest BCUT2D eigenvalue weighted by Crippen LogP contribution is -2.44. The maximum atomic E-state index is 12.9. The second-order valence-corrected chi connectivity index (χ2v) is 8.00. The number of fused-ring (bicyclic) bond motifs is 1. The average Bonchev–Trinajstić information content (AvgIpc) is 3.35. The molecule has 0 aliphatic carbocycles. The Bertz CT molecular complexity index is 1090. The number of hydrogen-bond donors (Lipinski definition) is 3. The maximum Gasteiger partial charge on any atom is 0.313 e. The molecular formula is C19H20N6O4S. The Morgan fingerprint density at radius 1 is 1.30 bits per heavy atom. The monoisotopic (exact) mass is 428 g/mol. The van der Waals surface area contributed by atoms with Crippen LogP contribution in [-0.2, 0) is 9.59 Å². The van der Waals surface area contributed by atoms with Crippen molar-refractivity contribution >= 4 is 45.0 Å². The highest BCUT2D eigenvalue weighted by Crippen LogP contribution is 2.37. The smallest absolute Gasteiger partial charge is 0.313 e. The first-order chi connectivity index (χ1) is 14.5. The number of methoxy groups -OCH3 is 1. The molecule has 30 heavy (non-hydrogen) atoms. The maximum absolute atomic E-state index is 12.9. The number of likely N-dealkylation sites (tertiary alicyclic amines) is 1. The predicted molar refractivity (Wildman–Crippen MR) is 110 cm³/mol.